The van der Waals surface area contributed by atoms with Gasteiger partial charge in [-0.2, -0.15) is 5.10 Å². The fourth-order valence-electron chi connectivity index (χ4n) is 1.37. The van der Waals surface area contributed by atoms with Gasteiger partial charge in [-0.1, -0.05) is 0 Å². The van der Waals surface area contributed by atoms with Gasteiger partial charge in [0, 0.05) is 31.5 Å². The Labute approximate surface area is 96.0 Å². The first-order valence-electron chi connectivity index (χ1n) is 5.53. The van der Waals surface area contributed by atoms with Crippen molar-refractivity contribution in [3.8, 4) is 0 Å². The molecule has 0 fully saturated rings. The number of carbonyl (C=O) groups excluding carboxylic acids is 1. The summed E-state index contributed by atoms with van der Waals surface area (Å²) in [5.41, 5.74) is 0.627. The van der Waals surface area contributed by atoms with Crippen LogP contribution >= 0.6 is 0 Å². The van der Waals surface area contributed by atoms with Gasteiger partial charge < -0.3 is 10.6 Å². The highest BCUT2D eigenvalue weighted by Gasteiger charge is 2.26. The van der Waals surface area contributed by atoms with E-state index in [9.17, 15) is 4.79 Å². The molecule has 0 bridgehead atoms. The molecule has 0 radical (unpaired) electrons. The maximum atomic E-state index is 11.7. The van der Waals surface area contributed by atoms with Crippen molar-refractivity contribution >= 4 is 5.91 Å². The van der Waals surface area contributed by atoms with E-state index in [1.165, 1.54) is 0 Å². The van der Waals surface area contributed by atoms with Gasteiger partial charge in [0.2, 0.25) is 5.91 Å². The van der Waals surface area contributed by atoms with Gasteiger partial charge in [0.15, 0.2) is 0 Å². The van der Waals surface area contributed by atoms with E-state index in [0.717, 1.165) is 5.69 Å². The predicted octanol–water partition coefficient (Wildman–Crippen LogP) is 0.662. The SMILES string of the molecule is CCNC(=O)C(C)(C)CNCc1ccn[nH]1. The smallest absolute Gasteiger partial charge is 0.226 e. The first-order valence-corrected chi connectivity index (χ1v) is 5.53. The van der Waals surface area contributed by atoms with Gasteiger partial charge in [-0.05, 0) is 26.8 Å². The van der Waals surface area contributed by atoms with Crippen molar-refractivity contribution in [1.29, 1.82) is 0 Å². The highest BCUT2D eigenvalue weighted by atomic mass is 16.2. The summed E-state index contributed by atoms with van der Waals surface area (Å²) in [6.07, 6.45) is 1.71. The first-order chi connectivity index (χ1) is 7.56. The number of hydrogen-bond acceptors (Lipinski definition) is 3. The number of aromatic nitrogens is 2. The van der Waals surface area contributed by atoms with Crippen molar-refractivity contribution in [1.82, 2.24) is 20.8 Å². The van der Waals surface area contributed by atoms with Gasteiger partial charge in [-0.15, -0.1) is 0 Å². The molecule has 16 heavy (non-hydrogen) atoms. The third-order valence-corrected chi connectivity index (χ3v) is 2.39. The molecule has 0 aliphatic heterocycles. The Bertz CT molecular complexity index is 319. The van der Waals surface area contributed by atoms with Crippen LogP contribution in [0.5, 0.6) is 0 Å². The zero-order chi connectivity index (χ0) is 12.0. The molecule has 0 aliphatic rings. The normalized spacial score (nSPS) is 11.4. The van der Waals surface area contributed by atoms with Crippen molar-refractivity contribution < 1.29 is 4.79 Å². The van der Waals surface area contributed by atoms with Gasteiger partial charge in [-0.25, -0.2) is 0 Å². The summed E-state index contributed by atoms with van der Waals surface area (Å²) in [7, 11) is 0. The number of amides is 1. The zero-order valence-electron chi connectivity index (χ0n) is 10.1. The summed E-state index contributed by atoms with van der Waals surface area (Å²) in [4.78, 5) is 11.7. The van der Waals surface area contributed by atoms with Gasteiger partial charge in [0.25, 0.3) is 0 Å². The predicted molar refractivity (Wildman–Crippen MR) is 62.8 cm³/mol. The number of carbonyl (C=O) groups is 1. The highest BCUT2D eigenvalue weighted by molar-refractivity contribution is 5.81. The molecule has 0 saturated heterocycles. The van der Waals surface area contributed by atoms with E-state index in [4.69, 9.17) is 0 Å². The molecule has 3 N–H and O–H groups in total. The Kier molecular flexibility index (Phi) is 4.49. The molecule has 0 aliphatic carbocycles. The van der Waals surface area contributed by atoms with Crippen LogP contribution in [-0.2, 0) is 11.3 Å². The van der Waals surface area contributed by atoms with Gasteiger partial charge in [0.05, 0.1) is 5.41 Å². The van der Waals surface area contributed by atoms with Crippen LogP contribution in [0.3, 0.4) is 0 Å². The van der Waals surface area contributed by atoms with Crippen molar-refractivity contribution in [2.75, 3.05) is 13.1 Å². The lowest BCUT2D eigenvalue weighted by atomic mass is 9.92. The van der Waals surface area contributed by atoms with Crippen molar-refractivity contribution in [3.05, 3.63) is 18.0 Å². The number of aromatic amines is 1. The molecule has 0 spiro atoms. The lowest BCUT2D eigenvalue weighted by Gasteiger charge is -2.23. The Balaban J connectivity index is 2.33. The summed E-state index contributed by atoms with van der Waals surface area (Å²) >= 11 is 0. The number of hydrogen-bond donors (Lipinski definition) is 3. The van der Waals surface area contributed by atoms with Crippen LogP contribution in [-0.4, -0.2) is 29.2 Å². The topological polar surface area (TPSA) is 69.8 Å². The third-order valence-electron chi connectivity index (χ3n) is 2.39. The summed E-state index contributed by atoms with van der Waals surface area (Å²) in [6, 6.07) is 1.91. The fraction of sp³-hybridized carbons (Fsp3) is 0.636. The van der Waals surface area contributed by atoms with E-state index in [0.29, 0.717) is 19.6 Å². The second kappa shape index (κ2) is 5.65. The second-order valence-electron chi connectivity index (χ2n) is 4.43. The molecule has 1 rings (SSSR count). The van der Waals surface area contributed by atoms with E-state index >= 15 is 0 Å². The van der Waals surface area contributed by atoms with Gasteiger partial charge in [-0.3, -0.25) is 9.89 Å². The molecule has 90 valence electrons. The second-order valence-corrected chi connectivity index (χ2v) is 4.43. The standard InChI is InChI=1S/C11H20N4O/c1-4-13-10(16)11(2,3)8-12-7-9-5-6-14-15-9/h5-6,12H,4,7-8H2,1-3H3,(H,13,16)(H,14,15). The molecule has 0 saturated carbocycles. The minimum Gasteiger partial charge on any atom is -0.356 e. The van der Waals surface area contributed by atoms with E-state index in [1.54, 1.807) is 6.20 Å². The number of H-pyrrole nitrogens is 1. The van der Waals surface area contributed by atoms with Crippen LogP contribution in [0.4, 0.5) is 0 Å². The molecule has 1 aromatic heterocycles. The maximum Gasteiger partial charge on any atom is 0.226 e. The molecule has 0 atom stereocenters. The number of rotatable bonds is 6. The van der Waals surface area contributed by atoms with Crippen LogP contribution in [0.15, 0.2) is 12.3 Å². The van der Waals surface area contributed by atoms with Crippen molar-refractivity contribution in [2.45, 2.75) is 27.3 Å². The molecule has 1 amide bonds. The van der Waals surface area contributed by atoms with E-state index < -0.39 is 5.41 Å². The molecular formula is C11H20N4O. The Morgan fingerprint density at radius 2 is 2.31 bits per heavy atom. The average Bonchev–Trinajstić information content (AvgIpc) is 2.70. The van der Waals surface area contributed by atoms with Crippen LogP contribution in [0.1, 0.15) is 26.5 Å². The third kappa shape index (κ3) is 3.66. The largest absolute Gasteiger partial charge is 0.356 e. The van der Waals surface area contributed by atoms with Crippen molar-refractivity contribution in [2.24, 2.45) is 5.41 Å². The van der Waals surface area contributed by atoms with Gasteiger partial charge in [0.1, 0.15) is 0 Å². The molecule has 1 heterocycles. The Morgan fingerprint density at radius 3 is 2.88 bits per heavy atom. The zero-order valence-corrected chi connectivity index (χ0v) is 10.1. The highest BCUT2D eigenvalue weighted by Crippen LogP contribution is 2.13. The van der Waals surface area contributed by atoms with Crippen LogP contribution in [0, 0.1) is 5.41 Å². The first kappa shape index (κ1) is 12.7. The Morgan fingerprint density at radius 1 is 1.56 bits per heavy atom. The molecule has 5 nitrogen and oxygen atoms in total. The Hall–Kier alpha value is -1.36. The lowest BCUT2D eigenvalue weighted by molar-refractivity contribution is -0.129. The fourth-order valence-corrected chi connectivity index (χ4v) is 1.37. The lowest BCUT2D eigenvalue weighted by Crippen LogP contribution is -2.43. The number of nitrogens with zero attached hydrogens (tertiary/aromatic N) is 1. The van der Waals surface area contributed by atoms with E-state index in [1.807, 2.05) is 26.8 Å². The quantitative estimate of drug-likeness (QED) is 0.665. The van der Waals surface area contributed by atoms with Crippen molar-refractivity contribution in [3.63, 3.8) is 0 Å². The van der Waals surface area contributed by atoms with Crippen LogP contribution in [0.2, 0.25) is 0 Å². The molecular weight excluding hydrogens is 204 g/mol. The summed E-state index contributed by atoms with van der Waals surface area (Å²) in [5, 5.41) is 12.8. The van der Waals surface area contributed by atoms with E-state index in [-0.39, 0.29) is 5.91 Å². The maximum absolute atomic E-state index is 11.7. The van der Waals surface area contributed by atoms with E-state index in [2.05, 4.69) is 20.8 Å². The van der Waals surface area contributed by atoms with Gasteiger partial charge >= 0.3 is 0 Å². The number of nitrogens with one attached hydrogen (secondary N) is 3. The van der Waals surface area contributed by atoms with Crippen LogP contribution in [0.25, 0.3) is 0 Å². The monoisotopic (exact) mass is 224 g/mol. The summed E-state index contributed by atoms with van der Waals surface area (Å²) in [6.45, 7) is 7.78. The average molecular weight is 224 g/mol. The molecule has 0 aromatic carbocycles. The minimum atomic E-state index is -0.393. The summed E-state index contributed by atoms with van der Waals surface area (Å²) < 4.78 is 0. The minimum absolute atomic E-state index is 0.0760. The van der Waals surface area contributed by atoms with Crippen LogP contribution < -0.4 is 10.6 Å². The molecule has 0 unspecified atom stereocenters. The molecule has 1 aromatic rings. The summed E-state index contributed by atoms with van der Waals surface area (Å²) in [5.74, 6) is 0.0760. The molecule has 5 heteroatoms.